The second kappa shape index (κ2) is 6.42. The lowest BCUT2D eigenvalue weighted by Crippen LogP contribution is -2.36. The highest BCUT2D eigenvalue weighted by Gasteiger charge is 2.63. The largest absolute Gasteiger partial charge is 0.458 e. The molecule has 7 heteroatoms. The van der Waals surface area contributed by atoms with Crippen LogP contribution in [0, 0.1) is 23.2 Å². The van der Waals surface area contributed by atoms with Crippen molar-refractivity contribution in [1.29, 1.82) is 0 Å². The van der Waals surface area contributed by atoms with Gasteiger partial charge in [-0.25, -0.2) is 0 Å². The van der Waals surface area contributed by atoms with Crippen molar-refractivity contribution in [2.24, 2.45) is 23.2 Å². The van der Waals surface area contributed by atoms with Crippen molar-refractivity contribution in [2.45, 2.75) is 58.7 Å². The Hall–Kier alpha value is -1.92. The van der Waals surface area contributed by atoms with Crippen LogP contribution in [0.3, 0.4) is 0 Å². The van der Waals surface area contributed by atoms with E-state index in [0.717, 1.165) is 6.42 Å². The maximum absolute atomic E-state index is 12.0. The van der Waals surface area contributed by atoms with Crippen LogP contribution in [0.4, 0.5) is 0 Å². The summed E-state index contributed by atoms with van der Waals surface area (Å²) in [7, 11) is 0. The molecule has 5 unspecified atom stereocenters. The molecule has 1 heterocycles. The molecule has 7 nitrogen and oxygen atoms in total. The zero-order valence-electron chi connectivity index (χ0n) is 14.8. The molecule has 25 heavy (non-hydrogen) atoms. The number of rotatable bonds is 7. The van der Waals surface area contributed by atoms with Crippen molar-refractivity contribution in [3.05, 3.63) is 0 Å². The fourth-order valence-electron chi connectivity index (χ4n) is 3.96. The van der Waals surface area contributed by atoms with E-state index in [1.807, 2.05) is 6.92 Å². The highest BCUT2D eigenvalue weighted by atomic mass is 16.6. The normalized spacial score (nSPS) is 32.4. The number of ketones is 1. The molecule has 2 bridgehead atoms. The summed E-state index contributed by atoms with van der Waals surface area (Å²) >= 11 is 0. The smallest absolute Gasteiger partial charge is 0.313 e. The van der Waals surface area contributed by atoms with Crippen LogP contribution >= 0.6 is 0 Å². The molecule has 2 aliphatic carbocycles. The van der Waals surface area contributed by atoms with Gasteiger partial charge in [0.25, 0.3) is 0 Å². The molecule has 3 aliphatic rings. The van der Waals surface area contributed by atoms with Crippen molar-refractivity contribution in [1.82, 2.24) is 0 Å². The Morgan fingerprint density at radius 2 is 1.96 bits per heavy atom. The van der Waals surface area contributed by atoms with E-state index in [9.17, 15) is 19.2 Å². The van der Waals surface area contributed by atoms with Gasteiger partial charge in [-0.05, 0) is 33.1 Å². The number of esters is 3. The van der Waals surface area contributed by atoms with Gasteiger partial charge < -0.3 is 14.2 Å². The highest BCUT2D eigenvalue weighted by molar-refractivity contribution is 5.97. The van der Waals surface area contributed by atoms with Crippen LogP contribution in [0.25, 0.3) is 0 Å². The summed E-state index contributed by atoms with van der Waals surface area (Å²) in [6.07, 6.45) is 0.852. The Kier molecular flexibility index (Phi) is 4.60. The summed E-state index contributed by atoms with van der Waals surface area (Å²) in [5.74, 6) is -1.60. The zero-order valence-corrected chi connectivity index (χ0v) is 14.8. The van der Waals surface area contributed by atoms with E-state index in [0.29, 0.717) is 12.8 Å². The minimum absolute atomic E-state index is 0.0482. The van der Waals surface area contributed by atoms with Crippen LogP contribution in [0.2, 0.25) is 0 Å². The predicted molar refractivity (Wildman–Crippen MR) is 84.1 cm³/mol. The lowest BCUT2D eigenvalue weighted by atomic mass is 9.88. The van der Waals surface area contributed by atoms with Crippen LogP contribution in [-0.4, -0.2) is 42.5 Å². The average Bonchev–Trinajstić information content (AvgIpc) is 3.17. The third-order valence-electron chi connectivity index (χ3n) is 5.82. The Morgan fingerprint density at radius 3 is 2.64 bits per heavy atom. The van der Waals surface area contributed by atoms with E-state index in [1.165, 1.54) is 0 Å². The van der Waals surface area contributed by atoms with E-state index >= 15 is 0 Å². The molecule has 0 spiro atoms. The van der Waals surface area contributed by atoms with Crippen molar-refractivity contribution >= 4 is 23.7 Å². The molecule has 5 atom stereocenters. The van der Waals surface area contributed by atoms with Crippen molar-refractivity contribution in [3.8, 4) is 0 Å². The fraction of sp³-hybridized carbons (Fsp3) is 0.778. The minimum Gasteiger partial charge on any atom is -0.458 e. The van der Waals surface area contributed by atoms with E-state index in [-0.39, 0.29) is 29.8 Å². The molecule has 0 amide bonds. The first kappa shape index (κ1) is 17.9. The maximum atomic E-state index is 12.0. The van der Waals surface area contributed by atoms with Gasteiger partial charge in [-0.15, -0.1) is 0 Å². The lowest BCUT2D eigenvalue weighted by Gasteiger charge is -2.25. The fourth-order valence-corrected chi connectivity index (χ4v) is 3.96. The Morgan fingerprint density at radius 1 is 1.24 bits per heavy atom. The molecule has 3 rings (SSSR count). The minimum atomic E-state index is -0.660. The number of Topliss-reactive ketones (excluding diaryl/α,β-unsaturated/α-hetero) is 1. The molecule has 0 aromatic carbocycles. The Bertz CT molecular complexity index is 609. The first-order valence-corrected chi connectivity index (χ1v) is 8.82. The second-order valence-electron chi connectivity index (χ2n) is 7.89. The van der Waals surface area contributed by atoms with Gasteiger partial charge in [0.05, 0.1) is 11.3 Å². The molecule has 2 saturated carbocycles. The number of hydrogen-bond acceptors (Lipinski definition) is 7. The number of carbonyl (C=O) groups excluding carboxylic acids is 4. The standard InChI is InChI=1S/C18H24O7/c1-4-18(2,3)17(22)23-8-10(19)7-13(20)24-14-9-5-11-12(6-9)16(21)25-15(11)14/h9,11-12,14-15H,4-8H2,1-3H3. The summed E-state index contributed by atoms with van der Waals surface area (Å²) in [6, 6.07) is 0. The third kappa shape index (κ3) is 3.28. The molecule has 1 saturated heterocycles. The average molecular weight is 352 g/mol. The molecule has 1 aliphatic heterocycles. The van der Waals surface area contributed by atoms with E-state index in [2.05, 4.69) is 0 Å². The summed E-state index contributed by atoms with van der Waals surface area (Å²) in [5, 5.41) is 0. The van der Waals surface area contributed by atoms with Crippen molar-refractivity contribution in [3.63, 3.8) is 0 Å². The summed E-state index contributed by atoms with van der Waals surface area (Å²) in [4.78, 5) is 47.4. The number of ether oxygens (including phenoxy) is 3. The molecular formula is C18H24O7. The van der Waals surface area contributed by atoms with Gasteiger partial charge >= 0.3 is 17.9 Å². The van der Waals surface area contributed by atoms with E-state index in [1.54, 1.807) is 13.8 Å². The number of carbonyl (C=O) groups is 4. The first-order valence-electron chi connectivity index (χ1n) is 8.82. The van der Waals surface area contributed by atoms with Gasteiger partial charge in [0.1, 0.15) is 18.6 Å². The monoisotopic (exact) mass is 352 g/mol. The molecule has 3 fully saturated rings. The van der Waals surface area contributed by atoms with Crippen LogP contribution in [0.15, 0.2) is 0 Å². The summed E-state index contributed by atoms with van der Waals surface area (Å²) in [6.45, 7) is 4.89. The molecule has 0 aromatic rings. The molecule has 0 N–H and O–H groups in total. The van der Waals surface area contributed by atoms with Gasteiger partial charge in [-0.1, -0.05) is 6.92 Å². The van der Waals surface area contributed by atoms with E-state index in [4.69, 9.17) is 14.2 Å². The predicted octanol–water partition coefficient (Wildman–Crippen LogP) is 1.42. The topological polar surface area (TPSA) is 96.0 Å². The van der Waals surface area contributed by atoms with Gasteiger partial charge in [0.2, 0.25) is 0 Å². The molecule has 0 aromatic heterocycles. The Balaban J connectivity index is 1.45. The van der Waals surface area contributed by atoms with Gasteiger partial charge in [-0.2, -0.15) is 0 Å². The van der Waals surface area contributed by atoms with Crippen LogP contribution in [-0.2, 0) is 33.4 Å². The number of hydrogen-bond donors (Lipinski definition) is 0. The molecule has 0 radical (unpaired) electrons. The second-order valence-corrected chi connectivity index (χ2v) is 7.89. The van der Waals surface area contributed by atoms with Crippen LogP contribution < -0.4 is 0 Å². The van der Waals surface area contributed by atoms with Crippen LogP contribution in [0.1, 0.15) is 46.5 Å². The van der Waals surface area contributed by atoms with Crippen LogP contribution in [0.5, 0.6) is 0 Å². The first-order chi connectivity index (χ1) is 11.7. The van der Waals surface area contributed by atoms with Gasteiger partial charge in [0, 0.05) is 11.8 Å². The Labute approximate surface area is 146 Å². The van der Waals surface area contributed by atoms with Gasteiger partial charge in [-0.3, -0.25) is 19.2 Å². The maximum Gasteiger partial charge on any atom is 0.313 e. The van der Waals surface area contributed by atoms with Crippen molar-refractivity contribution < 1.29 is 33.4 Å². The van der Waals surface area contributed by atoms with Gasteiger partial charge in [0.15, 0.2) is 12.4 Å². The lowest BCUT2D eigenvalue weighted by molar-refractivity contribution is -0.164. The molecular weight excluding hydrogens is 328 g/mol. The quantitative estimate of drug-likeness (QED) is 0.388. The number of fused-ring (bicyclic) bond motifs is 1. The zero-order chi connectivity index (χ0) is 18.4. The highest BCUT2D eigenvalue weighted by Crippen LogP contribution is 2.55. The van der Waals surface area contributed by atoms with Crippen molar-refractivity contribution in [2.75, 3.05) is 6.61 Å². The summed E-state index contributed by atoms with van der Waals surface area (Å²) in [5.41, 5.74) is -0.660. The van der Waals surface area contributed by atoms with E-state index < -0.39 is 42.3 Å². The SMILES string of the molecule is CCC(C)(C)C(=O)OCC(=O)CC(=O)OC1C2CC3C(=O)OC1C3C2. The summed E-state index contributed by atoms with van der Waals surface area (Å²) < 4.78 is 15.7. The molecule has 138 valence electrons. The third-order valence-corrected chi connectivity index (χ3v) is 5.82.